The zero-order valence-corrected chi connectivity index (χ0v) is 8.32. The van der Waals surface area contributed by atoms with Crippen molar-refractivity contribution in [2.45, 2.75) is 6.92 Å². The Kier molecular flexibility index (Phi) is 3.23. The van der Waals surface area contributed by atoms with Crippen LogP contribution in [0.25, 0.3) is 0 Å². The van der Waals surface area contributed by atoms with Gasteiger partial charge in [-0.2, -0.15) is 5.53 Å². The first-order valence-electron chi connectivity index (χ1n) is 4.16. The third-order valence-corrected chi connectivity index (χ3v) is 1.92. The zero-order valence-electron chi connectivity index (χ0n) is 8.32. The predicted molar refractivity (Wildman–Crippen MR) is 55.6 cm³/mol. The summed E-state index contributed by atoms with van der Waals surface area (Å²) in [6.07, 6.45) is 1.48. The van der Waals surface area contributed by atoms with Crippen LogP contribution in [0, 0.1) is 12.5 Å². The average molecular weight is 191 g/mol. The van der Waals surface area contributed by atoms with Gasteiger partial charge in [-0.15, -0.1) is 0 Å². The molecule has 0 aliphatic carbocycles. The molecule has 0 aliphatic heterocycles. The number of aryl methyl sites for hydroxylation is 1. The summed E-state index contributed by atoms with van der Waals surface area (Å²) >= 11 is 0. The molecule has 0 spiro atoms. The monoisotopic (exact) mass is 191 g/mol. The number of benzene rings is 1. The first-order valence-corrected chi connectivity index (χ1v) is 4.16. The van der Waals surface area contributed by atoms with Gasteiger partial charge in [-0.05, 0) is 30.7 Å². The highest BCUT2D eigenvalue weighted by molar-refractivity contribution is 5.53. The maximum absolute atomic E-state index is 6.91. The van der Waals surface area contributed by atoms with Gasteiger partial charge in [-0.25, -0.2) is 5.01 Å². The van der Waals surface area contributed by atoms with Crippen LogP contribution < -0.4 is 9.75 Å². The summed E-state index contributed by atoms with van der Waals surface area (Å²) in [6.45, 7) is 5.50. The number of nitrogens with one attached hydrogen (secondary N) is 1. The van der Waals surface area contributed by atoms with Crippen molar-refractivity contribution in [3.63, 3.8) is 0 Å². The van der Waals surface area contributed by atoms with Gasteiger partial charge in [0.25, 0.3) is 0 Å². The highest BCUT2D eigenvalue weighted by atomic mass is 16.5. The van der Waals surface area contributed by atoms with Gasteiger partial charge in [-0.1, -0.05) is 11.8 Å². The molecule has 0 unspecified atom stereocenters. The Hall–Kier alpha value is -1.84. The van der Waals surface area contributed by atoms with Crippen LogP contribution in [0.2, 0.25) is 0 Å². The minimum Gasteiger partial charge on any atom is -0.496 e. The van der Waals surface area contributed by atoms with Gasteiger partial charge in [0.1, 0.15) is 5.75 Å². The van der Waals surface area contributed by atoms with Crippen LogP contribution in [0.5, 0.6) is 5.75 Å². The van der Waals surface area contributed by atoms with Crippen LogP contribution in [0.3, 0.4) is 0 Å². The van der Waals surface area contributed by atoms with Crippen molar-refractivity contribution in [3.05, 3.63) is 36.5 Å². The molecule has 0 amide bonds. The molecule has 0 atom stereocenters. The Bertz CT molecular complexity index is 341. The van der Waals surface area contributed by atoms with Crippen LogP contribution in [0.1, 0.15) is 5.56 Å². The lowest BCUT2D eigenvalue weighted by molar-refractivity contribution is 0.411. The molecule has 14 heavy (non-hydrogen) atoms. The fraction of sp³-hybridized carbons (Fsp3) is 0.200. The lowest BCUT2D eigenvalue weighted by Gasteiger charge is -2.13. The number of rotatable bonds is 4. The number of anilines is 1. The Labute approximate surface area is 83.3 Å². The minimum absolute atomic E-state index is 0.799. The van der Waals surface area contributed by atoms with Crippen LogP contribution in [0.15, 0.2) is 36.2 Å². The molecule has 0 bridgehead atoms. The zero-order chi connectivity index (χ0) is 10.6. The largest absolute Gasteiger partial charge is 0.496 e. The second-order valence-electron chi connectivity index (χ2n) is 2.78. The standard InChI is InChI=1S/C10H13N3O/c1-4-13(12-11)9-5-6-10(14-3)8(2)7-9/h4-7,11H,1H2,2-3H3. The van der Waals surface area contributed by atoms with E-state index in [1.54, 1.807) is 7.11 Å². The van der Waals surface area contributed by atoms with Gasteiger partial charge in [0.15, 0.2) is 0 Å². The van der Waals surface area contributed by atoms with Gasteiger partial charge in [0, 0.05) is 6.20 Å². The van der Waals surface area contributed by atoms with E-state index in [1.165, 1.54) is 11.2 Å². The molecule has 0 saturated carbocycles. The van der Waals surface area contributed by atoms with Crippen LogP contribution in [0.4, 0.5) is 5.69 Å². The minimum atomic E-state index is 0.799. The Morgan fingerprint density at radius 3 is 2.71 bits per heavy atom. The smallest absolute Gasteiger partial charge is 0.121 e. The molecule has 0 radical (unpaired) electrons. The predicted octanol–water partition coefficient (Wildman–Crippen LogP) is 2.90. The van der Waals surface area contributed by atoms with Crippen molar-refractivity contribution < 1.29 is 4.74 Å². The fourth-order valence-electron chi connectivity index (χ4n) is 1.21. The van der Waals surface area contributed by atoms with E-state index in [-0.39, 0.29) is 0 Å². The number of hydrogen-bond donors (Lipinski definition) is 1. The third kappa shape index (κ3) is 1.90. The number of hydrogen-bond acceptors (Lipinski definition) is 3. The van der Waals surface area contributed by atoms with Crippen molar-refractivity contribution in [2.75, 3.05) is 12.1 Å². The summed E-state index contributed by atoms with van der Waals surface area (Å²) in [5, 5.41) is 4.68. The molecule has 1 rings (SSSR count). The molecule has 1 aromatic rings. The van der Waals surface area contributed by atoms with Crippen LogP contribution in [-0.2, 0) is 0 Å². The van der Waals surface area contributed by atoms with E-state index in [4.69, 9.17) is 10.3 Å². The van der Waals surface area contributed by atoms with Crippen LogP contribution in [-0.4, -0.2) is 7.11 Å². The van der Waals surface area contributed by atoms with Gasteiger partial charge < -0.3 is 4.74 Å². The van der Waals surface area contributed by atoms with E-state index >= 15 is 0 Å². The fourth-order valence-corrected chi connectivity index (χ4v) is 1.21. The summed E-state index contributed by atoms with van der Waals surface area (Å²) in [4.78, 5) is 0. The normalized spacial score (nSPS) is 9.29. The molecule has 0 fully saturated rings. The number of methoxy groups -OCH3 is 1. The first-order chi connectivity index (χ1) is 6.72. The SMILES string of the molecule is C=CN(N=N)c1ccc(OC)c(C)c1. The average Bonchev–Trinajstić information content (AvgIpc) is 2.20. The second-order valence-corrected chi connectivity index (χ2v) is 2.78. The Morgan fingerprint density at radius 1 is 1.57 bits per heavy atom. The maximum Gasteiger partial charge on any atom is 0.121 e. The topological polar surface area (TPSA) is 48.7 Å². The van der Waals surface area contributed by atoms with Crippen molar-refractivity contribution >= 4 is 5.69 Å². The summed E-state index contributed by atoms with van der Waals surface area (Å²) < 4.78 is 5.13. The number of nitrogens with zero attached hydrogens (tertiary/aromatic N) is 2. The van der Waals surface area contributed by atoms with Crippen molar-refractivity contribution in [1.29, 1.82) is 5.53 Å². The maximum atomic E-state index is 6.91. The van der Waals surface area contributed by atoms with E-state index in [2.05, 4.69) is 11.8 Å². The second kappa shape index (κ2) is 4.41. The molecule has 0 saturated heterocycles. The molecule has 1 aromatic carbocycles. The molecule has 0 heterocycles. The lowest BCUT2D eigenvalue weighted by Crippen LogP contribution is -2.05. The molecule has 1 N–H and O–H groups in total. The van der Waals surface area contributed by atoms with Crippen molar-refractivity contribution in [1.82, 2.24) is 0 Å². The van der Waals surface area contributed by atoms with Crippen molar-refractivity contribution in [2.24, 2.45) is 5.22 Å². The lowest BCUT2D eigenvalue weighted by atomic mass is 10.2. The van der Waals surface area contributed by atoms with E-state index in [0.29, 0.717) is 0 Å². The molecule has 74 valence electrons. The number of ether oxygens (including phenoxy) is 1. The van der Waals surface area contributed by atoms with E-state index < -0.39 is 0 Å². The summed E-state index contributed by atoms with van der Waals surface area (Å²) in [5.41, 5.74) is 8.71. The van der Waals surface area contributed by atoms with E-state index in [0.717, 1.165) is 17.0 Å². The molecular weight excluding hydrogens is 178 g/mol. The molecule has 0 aromatic heterocycles. The quantitative estimate of drug-likeness (QED) is 0.587. The van der Waals surface area contributed by atoms with Gasteiger partial charge >= 0.3 is 0 Å². The summed E-state index contributed by atoms with van der Waals surface area (Å²) in [5.74, 6) is 0.822. The highest BCUT2D eigenvalue weighted by Gasteiger charge is 2.03. The summed E-state index contributed by atoms with van der Waals surface area (Å²) in [6, 6.07) is 5.55. The van der Waals surface area contributed by atoms with E-state index in [1.807, 2.05) is 25.1 Å². The molecule has 4 nitrogen and oxygen atoms in total. The van der Waals surface area contributed by atoms with Gasteiger partial charge in [-0.3, -0.25) is 0 Å². The van der Waals surface area contributed by atoms with Crippen molar-refractivity contribution in [3.8, 4) is 5.75 Å². The summed E-state index contributed by atoms with van der Waals surface area (Å²) in [7, 11) is 1.63. The third-order valence-electron chi connectivity index (χ3n) is 1.92. The van der Waals surface area contributed by atoms with Gasteiger partial charge in [0.2, 0.25) is 0 Å². The Balaban J connectivity index is 3.06. The van der Waals surface area contributed by atoms with Gasteiger partial charge in [0.05, 0.1) is 12.8 Å². The molecule has 4 heteroatoms. The first kappa shape index (κ1) is 10.2. The van der Waals surface area contributed by atoms with E-state index in [9.17, 15) is 0 Å². The Morgan fingerprint density at radius 2 is 2.29 bits per heavy atom. The highest BCUT2D eigenvalue weighted by Crippen LogP contribution is 2.24. The van der Waals surface area contributed by atoms with Crippen LogP contribution >= 0.6 is 0 Å². The molecular formula is C10H13N3O. The molecule has 0 aliphatic rings.